The van der Waals surface area contributed by atoms with Gasteiger partial charge in [-0.1, -0.05) is 0 Å². The summed E-state index contributed by atoms with van der Waals surface area (Å²) in [5.41, 5.74) is 0.592. The van der Waals surface area contributed by atoms with Gasteiger partial charge in [0.05, 0.1) is 18.8 Å². The van der Waals surface area contributed by atoms with Crippen LogP contribution >= 0.6 is 0 Å². The van der Waals surface area contributed by atoms with Gasteiger partial charge < -0.3 is 20.3 Å². The molecule has 1 amide bonds. The minimum Gasteiger partial charge on any atom is -0.444 e. The van der Waals surface area contributed by atoms with Crippen molar-refractivity contribution in [3.05, 3.63) is 18.0 Å². The first-order valence-corrected chi connectivity index (χ1v) is 8.27. The second-order valence-electron chi connectivity index (χ2n) is 6.94. The predicted octanol–water partition coefficient (Wildman–Crippen LogP) is 1.09. The van der Waals surface area contributed by atoms with Crippen molar-refractivity contribution in [2.45, 2.75) is 45.9 Å². The molecular weight excluding hydrogens is 308 g/mol. The summed E-state index contributed by atoms with van der Waals surface area (Å²) in [6, 6.07) is 0.184. The van der Waals surface area contributed by atoms with Crippen LogP contribution in [0.4, 0.5) is 4.79 Å². The molecule has 1 saturated heterocycles. The van der Waals surface area contributed by atoms with Gasteiger partial charge in [0.2, 0.25) is 0 Å². The number of guanidine groups is 1. The third kappa shape index (κ3) is 5.43. The van der Waals surface area contributed by atoms with Gasteiger partial charge in [-0.3, -0.25) is 4.68 Å². The molecule has 1 aliphatic heterocycles. The maximum absolute atomic E-state index is 11.9. The number of aromatic nitrogens is 2. The molecule has 2 N–H and O–H groups in total. The van der Waals surface area contributed by atoms with Crippen LogP contribution in [-0.4, -0.2) is 58.0 Å². The fourth-order valence-electron chi connectivity index (χ4n) is 2.28. The normalized spacial score (nSPS) is 15.9. The van der Waals surface area contributed by atoms with Gasteiger partial charge in [-0.05, 0) is 27.7 Å². The van der Waals surface area contributed by atoms with Gasteiger partial charge in [-0.2, -0.15) is 5.10 Å². The molecule has 0 bridgehead atoms. The van der Waals surface area contributed by atoms with Gasteiger partial charge in [0.1, 0.15) is 5.60 Å². The van der Waals surface area contributed by atoms with Crippen LogP contribution in [0.25, 0.3) is 0 Å². The van der Waals surface area contributed by atoms with E-state index >= 15 is 0 Å². The summed E-state index contributed by atoms with van der Waals surface area (Å²) in [5.74, 6) is 0.746. The number of hydrogen-bond acceptors (Lipinski definition) is 4. The Morgan fingerprint density at radius 2 is 2.17 bits per heavy atom. The molecule has 1 aromatic heterocycles. The molecule has 2 heterocycles. The van der Waals surface area contributed by atoms with E-state index in [4.69, 9.17) is 4.74 Å². The molecule has 24 heavy (non-hydrogen) atoms. The summed E-state index contributed by atoms with van der Waals surface area (Å²) >= 11 is 0. The summed E-state index contributed by atoms with van der Waals surface area (Å²) in [5, 5.41) is 10.7. The van der Waals surface area contributed by atoms with Crippen LogP contribution in [0.15, 0.2) is 17.4 Å². The summed E-state index contributed by atoms with van der Waals surface area (Å²) in [6.07, 6.45) is 3.49. The Labute approximate surface area is 143 Å². The number of nitrogens with one attached hydrogen (secondary N) is 2. The number of ether oxygens (including phenoxy) is 1. The Kier molecular flexibility index (Phi) is 5.69. The highest BCUT2D eigenvalue weighted by Gasteiger charge is 2.34. The zero-order chi connectivity index (χ0) is 17.7. The highest BCUT2D eigenvalue weighted by atomic mass is 16.6. The van der Waals surface area contributed by atoms with E-state index in [-0.39, 0.29) is 12.1 Å². The van der Waals surface area contributed by atoms with E-state index in [0.717, 1.165) is 18.1 Å². The Hall–Kier alpha value is -2.25. The SMILES string of the molecule is CCNC(=NCc1cnn(C)c1)NC1CN(C(=O)OC(C)(C)C)C1. The molecular formula is C16H28N6O2. The maximum atomic E-state index is 11.9. The Bertz CT molecular complexity index is 584. The van der Waals surface area contributed by atoms with E-state index in [1.807, 2.05) is 40.9 Å². The van der Waals surface area contributed by atoms with E-state index in [2.05, 4.69) is 20.7 Å². The van der Waals surface area contributed by atoms with Gasteiger partial charge in [0.15, 0.2) is 5.96 Å². The molecule has 1 aliphatic rings. The lowest BCUT2D eigenvalue weighted by atomic mass is 10.1. The topological polar surface area (TPSA) is 83.8 Å². The maximum Gasteiger partial charge on any atom is 0.410 e. The Balaban J connectivity index is 1.81. The van der Waals surface area contributed by atoms with Gasteiger partial charge >= 0.3 is 6.09 Å². The quantitative estimate of drug-likeness (QED) is 0.635. The van der Waals surface area contributed by atoms with Crippen LogP contribution in [0.5, 0.6) is 0 Å². The summed E-state index contributed by atoms with van der Waals surface area (Å²) < 4.78 is 7.11. The summed E-state index contributed by atoms with van der Waals surface area (Å²) in [6.45, 7) is 10.2. The monoisotopic (exact) mass is 336 g/mol. The molecule has 0 spiro atoms. The Morgan fingerprint density at radius 1 is 1.46 bits per heavy atom. The van der Waals surface area contributed by atoms with Crippen molar-refractivity contribution in [3.8, 4) is 0 Å². The van der Waals surface area contributed by atoms with Gasteiger partial charge in [-0.15, -0.1) is 0 Å². The highest BCUT2D eigenvalue weighted by molar-refractivity contribution is 5.80. The lowest BCUT2D eigenvalue weighted by Gasteiger charge is -2.40. The number of aryl methyl sites for hydroxylation is 1. The molecule has 8 heteroatoms. The van der Waals surface area contributed by atoms with Crippen LogP contribution in [0.3, 0.4) is 0 Å². The van der Waals surface area contributed by atoms with Gasteiger partial charge in [0.25, 0.3) is 0 Å². The number of carbonyl (C=O) groups excluding carboxylic acids is 1. The number of amides is 1. The van der Waals surface area contributed by atoms with Crippen LogP contribution in [-0.2, 0) is 18.3 Å². The van der Waals surface area contributed by atoms with Crippen molar-refractivity contribution < 1.29 is 9.53 Å². The summed E-state index contributed by atoms with van der Waals surface area (Å²) in [4.78, 5) is 18.2. The number of rotatable bonds is 4. The first-order chi connectivity index (χ1) is 11.3. The molecule has 0 atom stereocenters. The fourth-order valence-corrected chi connectivity index (χ4v) is 2.28. The number of hydrogen-bond donors (Lipinski definition) is 2. The van der Waals surface area contributed by atoms with Crippen molar-refractivity contribution >= 4 is 12.1 Å². The first-order valence-electron chi connectivity index (χ1n) is 8.27. The third-order valence-electron chi connectivity index (χ3n) is 3.40. The molecule has 2 rings (SSSR count). The molecule has 0 unspecified atom stereocenters. The van der Waals surface area contributed by atoms with Crippen molar-refractivity contribution in [2.75, 3.05) is 19.6 Å². The van der Waals surface area contributed by atoms with Crippen LogP contribution in [0.2, 0.25) is 0 Å². The van der Waals surface area contributed by atoms with E-state index in [0.29, 0.717) is 19.6 Å². The number of nitrogens with zero attached hydrogens (tertiary/aromatic N) is 4. The second kappa shape index (κ2) is 7.55. The average molecular weight is 336 g/mol. The van der Waals surface area contributed by atoms with Crippen molar-refractivity contribution in [1.29, 1.82) is 0 Å². The van der Waals surface area contributed by atoms with Crippen molar-refractivity contribution in [3.63, 3.8) is 0 Å². The minimum atomic E-state index is -0.463. The molecule has 0 aliphatic carbocycles. The average Bonchev–Trinajstić information content (AvgIpc) is 2.83. The minimum absolute atomic E-state index is 0.184. The smallest absolute Gasteiger partial charge is 0.410 e. The standard InChI is InChI=1S/C16H28N6O2/c1-6-17-14(18-7-12-8-19-21(5)9-12)20-13-10-22(11-13)15(23)24-16(2,3)4/h8-9,13H,6-7,10-11H2,1-5H3,(H2,17,18,20). The van der Waals surface area contributed by atoms with E-state index in [9.17, 15) is 4.79 Å². The summed E-state index contributed by atoms with van der Waals surface area (Å²) in [7, 11) is 1.89. The van der Waals surface area contributed by atoms with Crippen molar-refractivity contribution in [2.24, 2.45) is 12.0 Å². The first kappa shape index (κ1) is 18.1. The Morgan fingerprint density at radius 3 is 2.71 bits per heavy atom. The zero-order valence-corrected chi connectivity index (χ0v) is 15.2. The number of likely N-dealkylation sites (tertiary alicyclic amines) is 1. The fraction of sp³-hybridized carbons (Fsp3) is 0.688. The molecule has 0 saturated carbocycles. The van der Waals surface area contributed by atoms with E-state index in [1.165, 1.54) is 0 Å². The predicted molar refractivity (Wildman–Crippen MR) is 92.8 cm³/mol. The van der Waals surface area contributed by atoms with Gasteiger partial charge in [-0.25, -0.2) is 9.79 Å². The highest BCUT2D eigenvalue weighted by Crippen LogP contribution is 2.15. The van der Waals surface area contributed by atoms with Crippen molar-refractivity contribution in [1.82, 2.24) is 25.3 Å². The molecule has 1 fully saturated rings. The van der Waals surface area contributed by atoms with Crippen LogP contribution < -0.4 is 10.6 Å². The third-order valence-corrected chi connectivity index (χ3v) is 3.40. The van der Waals surface area contributed by atoms with Crippen LogP contribution in [0, 0.1) is 0 Å². The molecule has 0 radical (unpaired) electrons. The van der Waals surface area contributed by atoms with Crippen LogP contribution in [0.1, 0.15) is 33.3 Å². The number of aliphatic imine (C=N–C) groups is 1. The molecule has 1 aromatic rings. The molecule has 134 valence electrons. The number of carbonyl (C=O) groups is 1. The van der Waals surface area contributed by atoms with E-state index in [1.54, 1.807) is 15.8 Å². The lowest BCUT2D eigenvalue weighted by Crippen LogP contribution is -2.63. The van der Waals surface area contributed by atoms with Gasteiger partial charge in [0, 0.05) is 38.4 Å². The zero-order valence-electron chi connectivity index (χ0n) is 15.2. The molecule has 8 nitrogen and oxygen atoms in total. The second-order valence-corrected chi connectivity index (χ2v) is 6.94. The molecule has 0 aromatic carbocycles. The lowest BCUT2D eigenvalue weighted by molar-refractivity contribution is 0.00701. The largest absolute Gasteiger partial charge is 0.444 e. The van der Waals surface area contributed by atoms with E-state index < -0.39 is 5.60 Å².